The molecule has 1 saturated heterocycles. The summed E-state index contributed by atoms with van der Waals surface area (Å²) in [6.45, 7) is 4.32. The van der Waals surface area contributed by atoms with Crippen molar-refractivity contribution >= 4 is 11.6 Å². The summed E-state index contributed by atoms with van der Waals surface area (Å²) in [5.74, 6) is 0.717. The predicted molar refractivity (Wildman–Crippen MR) is 87.2 cm³/mol. The van der Waals surface area contributed by atoms with E-state index >= 15 is 0 Å². The minimum atomic E-state index is -0.315. The average molecular weight is 338 g/mol. The molecule has 3 rings (SSSR count). The lowest BCUT2D eigenvalue weighted by atomic mass is 10.2. The summed E-state index contributed by atoms with van der Waals surface area (Å²) in [4.78, 5) is 15.2. The molecular weight excluding hydrogens is 318 g/mol. The highest BCUT2D eigenvalue weighted by Crippen LogP contribution is 2.32. The summed E-state index contributed by atoms with van der Waals surface area (Å²) < 4.78 is 5.70. The maximum Gasteiger partial charge on any atom is 0.311 e. The van der Waals surface area contributed by atoms with Crippen LogP contribution in [0.3, 0.4) is 0 Å². The number of fused-ring (bicyclic) bond motifs is 1. The van der Waals surface area contributed by atoms with Crippen molar-refractivity contribution < 1.29 is 9.66 Å². The first-order valence-electron chi connectivity index (χ1n) is 7.85. The number of ether oxygens (including phenoxy) is 1. The van der Waals surface area contributed by atoms with E-state index in [9.17, 15) is 10.1 Å². The quantitative estimate of drug-likeness (QED) is 0.610. The van der Waals surface area contributed by atoms with Crippen LogP contribution in [0.25, 0.3) is 0 Å². The van der Waals surface area contributed by atoms with Gasteiger partial charge in [0.1, 0.15) is 12.8 Å². The highest BCUT2D eigenvalue weighted by molar-refractivity contribution is 6.30. The van der Waals surface area contributed by atoms with Gasteiger partial charge in [-0.15, -0.1) is 0 Å². The van der Waals surface area contributed by atoms with E-state index in [0.29, 0.717) is 11.6 Å². The summed E-state index contributed by atoms with van der Waals surface area (Å²) in [7, 11) is 0. The monoisotopic (exact) mass is 337 g/mol. The van der Waals surface area contributed by atoms with Gasteiger partial charge < -0.3 is 14.5 Å². The van der Waals surface area contributed by atoms with Crippen LogP contribution in [0.15, 0.2) is 35.8 Å². The molecule has 0 bridgehead atoms. The molecule has 0 aromatic heterocycles. The molecule has 23 heavy (non-hydrogen) atoms. The third-order valence-electron chi connectivity index (χ3n) is 4.24. The van der Waals surface area contributed by atoms with E-state index in [4.69, 9.17) is 16.3 Å². The smallest absolute Gasteiger partial charge is 0.311 e. The molecule has 2 aliphatic heterocycles. The molecule has 124 valence electrons. The van der Waals surface area contributed by atoms with E-state index in [1.54, 1.807) is 0 Å². The van der Waals surface area contributed by atoms with Crippen molar-refractivity contribution in [2.24, 2.45) is 0 Å². The van der Waals surface area contributed by atoms with Crippen molar-refractivity contribution in [2.45, 2.75) is 32.5 Å². The van der Waals surface area contributed by atoms with Crippen LogP contribution >= 0.6 is 11.6 Å². The molecule has 1 fully saturated rings. The van der Waals surface area contributed by atoms with Crippen LogP contribution in [-0.2, 0) is 11.3 Å². The zero-order valence-corrected chi connectivity index (χ0v) is 13.8. The Labute approximate surface area is 140 Å². The Hall–Kier alpha value is -1.79. The second-order valence-electron chi connectivity index (χ2n) is 5.82. The Morgan fingerprint density at radius 1 is 1.35 bits per heavy atom. The number of nitro groups is 1. The van der Waals surface area contributed by atoms with Gasteiger partial charge in [0.05, 0.1) is 4.92 Å². The van der Waals surface area contributed by atoms with Crippen molar-refractivity contribution in [3.63, 3.8) is 0 Å². The van der Waals surface area contributed by atoms with Gasteiger partial charge in [0.15, 0.2) is 5.82 Å². The van der Waals surface area contributed by atoms with Crippen LogP contribution in [0, 0.1) is 10.1 Å². The van der Waals surface area contributed by atoms with Crippen molar-refractivity contribution in [3.05, 3.63) is 56.5 Å². The summed E-state index contributed by atoms with van der Waals surface area (Å²) in [5, 5.41) is 12.1. The van der Waals surface area contributed by atoms with Gasteiger partial charge >= 0.3 is 5.70 Å². The molecule has 0 amide bonds. The molecule has 2 heterocycles. The maximum absolute atomic E-state index is 11.4. The fraction of sp³-hybridized carbons (Fsp3) is 0.500. The summed E-state index contributed by atoms with van der Waals surface area (Å²) >= 11 is 5.92. The van der Waals surface area contributed by atoms with Crippen LogP contribution in [0.2, 0.25) is 5.02 Å². The molecular formula is C16H20ClN3O3. The van der Waals surface area contributed by atoms with Crippen LogP contribution in [-0.4, -0.2) is 40.6 Å². The molecule has 0 saturated carbocycles. The Morgan fingerprint density at radius 3 is 2.74 bits per heavy atom. The van der Waals surface area contributed by atoms with Crippen molar-refractivity contribution in [3.8, 4) is 0 Å². The number of halogens is 1. The average Bonchev–Trinajstić information content (AvgIpc) is 2.94. The number of hydrogen-bond donors (Lipinski definition) is 0. The van der Waals surface area contributed by atoms with Gasteiger partial charge in [-0.3, -0.25) is 10.1 Å². The predicted octanol–water partition coefficient (Wildman–Crippen LogP) is 3.06. The van der Waals surface area contributed by atoms with E-state index in [1.165, 1.54) is 0 Å². The van der Waals surface area contributed by atoms with Crippen LogP contribution in [0.1, 0.15) is 25.3 Å². The first kappa shape index (κ1) is 16.1. The summed E-state index contributed by atoms with van der Waals surface area (Å²) in [5.41, 5.74) is 1.24. The molecule has 1 atom stereocenters. The Bertz CT molecular complexity index is 618. The maximum atomic E-state index is 11.4. The van der Waals surface area contributed by atoms with Crippen LogP contribution in [0.4, 0.5) is 0 Å². The van der Waals surface area contributed by atoms with Gasteiger partial charge in [0.25, 0.3) is 0 Å². The minimum absolute atomic E-state index is 0.0612. The first-order chi connectivity index (χ1) is 11.1. The molecule has 0 radical (unpaired) electrons. The van der Waals surface area contributed by atoms with Crippen molar-refractivity contribution in [1.29, 1.82) is 0 Å². The largest absolute Gasteiger partial charge is 0.347 e. The lowest BCUT2D eigenvalue weighted by Gasteiger charge is -2.34. The normalized spacial score (nSPS) is 20.9. The number of nitrogens with zero attached hydrogens (tertiary/aromatic N) is 3. The van der Waals surface area contributed by atoms with Gasteiger partial charge in [-0.1, -0.05) is 37.1 Å². The van der Waals surface area contributed by atoms with Gasteiger partial charge in [-0.25, -0.2) is 0 Å². The lowest BCUT2D eigenvalue weighted by Crippen LogP contribution is -2.42. The fourth-order valence-electron chi connectivity index (χ4n) is 3.16. The van der Waals surface area contributed by atoms with Crippen LogP contribution in [0.5, 0.6) is 0 Å². The SMILES string of the molecule is CCC[C@H]1OCC([N+](=O)[O-])=C2N(Cc3ccc(Cl)cc3)CCN21. The number of rotatable bonds is 5. The molecule has 0 N–H and O–H groups in total. The van der Waals surface area contributed by atoms with Gasteiger partial charge in [-0.2, -0.15) is 0 Å². The molecule has 7 heteroatoms. The second-order valence-corrected chi connectivity index (χ2v) is 6.26. The summed E-state index contributed by atoms with van der Waals surface area (Å²) in [6, 6.07) is 7.61. The van der Waals surface area contributed by atoms with E-state index in [-0.39, 0.29) is 23.5 Å². The molecule has 1 aromatic carbocycles. The van der Waals surface area contributed by atoms with Crippen molar-refractivity contribution in [2.75, 3.05) is 19.7 Å². The molecule has 0 spiro atoms. The van der Waals surface area contributed by atoms with Gasteiger partial charge in [-0.05, 0) is 24.1 Å². The second kappa shape index (κ2) is 6.76. The first-order valence-corrected chi connectivity index (χ1v) is 8.23. The van der Waals surface area contributed by atoms with E-state index < -0.39 is 0 Å². The van der Waals surface area contributed by atoms with Gasteiger partial charge in [0, 0.05) is 24.7 Å². The Morgan fingerprint density at radius 2 is 2.09 bits per heavy atom. The zero-order valence-electron chi connectivity index (χ0n) is 13.1. The highest BCUT2D eigenvalue weighted by atomic mass is 35.5. The zero-order chi connectivity index (χ0) is 16.4. The topological polar surface area (TPSA) is 58.9 Å². The number of benzene rings is 1. The van der Waals surface area contributed by atoms with Crippen LogP contribution < -0.4 is 0 Å². The molecule has 2 aliphatic rings. The Balaban J connectivity index is 1.86. The van der Waals surface area contributed by atoms with E-state index in [1.807, 2.05) is 29.2 Å². The summed E-state index contributed by atoms with van der Waals surface area (Å²) in [6.07, 6.45) is 1.80. The third kappa shape index (κ3) is 3.28. The molecule has 6 nitrogen and oxygen atoms in total. The van der Waals surface area contributed by atoms with E-state index in [2.05, 4.69) is 11.8 Å². The molecule has 0 aliphatic carbocycles. The highest BCUT2D eigenvalue weighted by Gasteiger charge is 2.41. The fourth-order valence-corrected chi connectivity index (χ4v) is 3.29. The van der Waals surface area contributed by atoms with E-state index in [0.717, 1.165) is 37.3 Å². The lowest BCUT2D eigenvalue weighted by molar-refractivity contribution is -0.438. The van der Waals surface area contributed by atoms with Crippen molar-refractivity contribution in [1.82, 2.24) is 9.80 Å². The standard InChI is InChI=1S/C16H20ClN3O3/c1-2-3-15-19-9-8-18(10-12-4-6-13(17)7-5-12)16(19)14(11-23-15)20(21)22/h4-7,15H,2-3,8-11H2,1H3/t15-/m1/s1. The van der Waals surface area contributed by atoms with Gasteiger partial charge in [0.2, 0.25) is 0 Å². The number of hydrogen-bond acceptors (Lipinski definition) is 5. The third-order valence-corrected chi connectivity index (χ3v) is 4.50. The minimum Gasteiger partial charge on any atom is -0.347 e. The molecule has 1 aromatic rings. The molecule has 0 unspecified atom stereocenters. The Kier molecular flexibility index (Phi) is 4.73.